The number of ether oxygens (including phenoxy) is 2. The van der Waals surface area contributed by atoms with Gasteiger partial charge in [-0.15, -0.1) is 0 Å². The summed E-state index contributed by atoms with van der Waals surface area (Å²) in [5, 5.41) is 12.2. The first kappa shape index (κ1) is 24.7. The van der Waals surface area contributed by atoms with Crippen molar-refractivity contribution in [2.45, 2.75) is 38.1 Å². The number of alkyl carbamates (subject to hydrolysis) is 1. The maximum Gasteiger partial charge on any atom is 0.408 e. The fraction of sp³-hybridized carbons (Fsp3) is 0.444. The summed E-state index contributed by atoms with van der Waals surface area (Å²) >= 11 is 0. The lowest BCUT2D eigenvalue weighted by Gasteiger charge is -2.40. The highest BCUT2D eigenvalue weighted by Gasteiger charge is 2.45. The summed E-state index contributed by atoms with van der Waals surface area (Å²) in [7, 11) is 0. The number of carboxylic acids is 1. The molecule has 1 heterocycles. The van der Waals surface area contributed by atoms with E-state index in [9.17, 15) is 19.5 Å². The van der Waals surface area contributed by atoms with Gasteiger partial charge in [-0.2, -0.15) is 0 Å². The third-order valence-corrected chi connectivity index (χ3v) is 6.64. The van der Waals surface area contributed by atoms with Gasteiger partial charge in [0.1, 0.15) is 18.7 Å². The number of hydrogen-bond donors (Lipinski definition) is 2. The van der Waals surface area contributed by atoms with Crippen LogP contribution >= 0.6 is 0 Å². The molecular formula is C27H32N2O6. The number of aliphatic carboxylic acids is 1. The van der Waals surface area contributed by atoms with Gasteiger partial charge in [0.2, 0.25) is 5.91 Å². The molecule has 0 radical (unpaired) electrons. The second-order valence-corrected chi connectivity index (χ2v) is 9.62. The van der Waals surface area contributed by atoms with Gasteiger partial charge in [-0.05, 0) is 28.2 Å². The van der Waals surface area contributed by atoms with E-state index in [2.05, 4.69) is 17.4 Å². The Labute approximate surface area is 205 Å². The van der Waals surface area contributed by atoms with E-state index >= 15 is 0 Å². The first-order valence-electron chi connectivity index (χ1n) is 12.0. The molecule has 0 atom stereocenters. The summed E-state index contributed by atoms with van der Waals surface area (Å²) in [6.07, 6.45) is -0.184. The third-order valence-electron chi connectivity index (χ3n) is 6.64. The summed E-state index contributed by atoms with van der Waals surface area (Å²) < 4.78 is 11.1. The van der Waals surface area contributed by atoms with Gasteiger partial charge in [-0.1, -0.05) is 62.4 Å². The molecular weight excluding hydrogens is 448 g/mol. The molecule has 0 saturated carbocycles. The lowest BCUT2D eigenvalue weighted by molar-refractivity contribution is -0.150. The number of amides is 2. The Hall–Kier alpha value is -3.39. The minimum atomic E-state index is -1.26. The van der Waals surface area contributed by atoms with Gasteiger partial charge in [0.15, 0.2) is 0 Å². The molecule has 1 saturated heterocycles. The molecule has 4 rings (SSSR count). The Balaban J connectivity index is 1.50. The highest BCUT2D eigenvalue weighted by atomic mass is 16.5. The Bertz CT molecular complexity index is 1050. The summed E-state index contributed by atoms with van der Waals surface area (Å²) in [6.45, 7) is 4.39. The number of carbonyl (C=O) groups excluding carboxylic acids is 2. The van der Waals surface area contributed by atoms with Gasteiger partial charge in [0.05, 0.1) is 0 Å². The number of fused-ring (bicyclic) bond motifs is 3. The number of benzene rings is 2. The van der Waals surface area contributed by atoms with Crippen LogP contribution in [0, 0.1) is 5.92 Å². The van der Waals surface area contributed by atoms with Gasteiger partial charge in [-0.25, -0.2) is 4.79 Å². The van der Waals surface area contributed by atoms with Crippen LogP contribution in [0.4, 0.5) is 4.79 Å². The molecule has 2 aromatic carbocycles. The van der Waals surface area contributed by atoms with E-state index in [-0.39, 0.29) is 51.0 Å². The highest BCUT2D eigenvalue weighted by Crippen LogP contribution is 2.44. The smallest absolute Gasteiger partial charge is 0.408 e. The normalized spacial score (nSPS) is 16.3. The molecule has 8 nitrogen and oxygen atoms in total. The Morgan fingerprint density at radius 2 is 1.63 bits per heavy atom. The minimum Gasteiger partial charge on any atom is -0.480 e. The first-order valence-corrected chi connectivity index (χ1v) is 12.0. The van der Waals surface area contributed by atoms with E-state index in [4.69, 9.17) is 9.47 Å². The monoisotopic (exact) mass is 480 g/mol. The van der Waals surface area contributed by atoms with Gasteiger partial charge in [0, 0.05) is 38.5 Å². The van der Waals surface area contributed by atoms with Gasteiger partial charge >= 0.3 is 12.1 Å². The van der Waals surface area contributed by atoms with Crippen LogP contribution in [0.25, 0.3) is 11.1 Å². The molecule has 8 heteroatoms. The molecule has 186 valence electrons. The molecule has 2 aromatic rings. The van der Waals surface area contributed by atoms with Gasteiger partial charge < -0.3 is 24.8 Å². The second-order valence-electron chi connectivity index (χ2n) is 9.62. The molecule has 0 aromatic heterocycles. The van der Waals surface area contributed by atoms with Crippen molar-refractivity contribution in [1.29, 1.82) is 0 Å². The highest BCUT2D eigenvalue weighted by molar-refractivity contribution is 5.92. The predicted molar refractivity (Wildman–Crippen MR) is 130 cm³/mol. The molecule has 35 heavy (non-hydrogen) atoms. The number of nitrogens with one attached hydrogen (secondary N) is 1. The van der Waals surface area contributed by atoms with Crippen molar-refractivity contribution in [2.24, 2.45) is 5.92 Å². The van der Waals surface area contributed by atoms with Crippen LogP contribution in [0.2, 0.25) is 0 Å². The van der Waals surface area contributed by atoms with E-state index in [1.807, 2.05) is 50.2 Å². The number of carbonyl (C=O) groups is 3. The molecule has 0 bridgehead atoms. The topological polar surface area (TPSA) is 105 Å². The molecule has 1 aliphatic carbocycles. The summed E-state index contributed by atoms with van der Waals surface area (Å²) in [6, 6.07) is 16.1. The Morgan fingerprint density at radius 1 is 1.06 bits per heavy atom. The largest absolute Gasteiger partial charge is 0.480 e. The lowest BCUT2D eigenvalue weighted by Crippen LogP contribution is -2.63. The quantitative estimate of drug-likeness (QED) is 0.598. The van der Waals surface area contributed by atoms with Crippen molar-refractivity contribution in [3.05, 3.63) is 59.7 Å². The fourth-order valence-electron chi connectivity index (χ4n) is 5.07. The molecule has 2 amide bonds. The molecule has 1 aliphatic heterocycles. The lowest BCUT2D eigenvalue weighted by atomic mass is 9.88. The molecule has 2 N–H and O–H groups in total. The van der Waals surface area contributed by atoms with Gasteiger partial charge in [-0.3, -0.25) is 9.59 Å². The summed E-state index contributed by atoms with van der Waals surface area (Å²) in [5.74, 6) is -1.53. The number of rotatable bonds is 8. The zero-order valence-electron chi connectivity index (χ0n) is 20.2. The van der Waals surface area contributed by atoms with Crippen molar-refractivity contribution in [3.63, 3.8) is 0 Å². The average Bonchev–Trinajstić information content (AvgIpc) is 3.15. The van der Waals surface area contributed by atoms with Crippen molar-refractivity contribution >= 4 is 18.0 Å². The van der Waals surface area contributed by atoms with E-state index in [1.54, 1.807) is 0 Å². The van der Waals surface area contributed by atoms with Crippen molar-refractivity contribution < 1.29 is 29.0 Å². The van der Waals surface area contributed by atoms with Crippen LogP contribution in [-0.4, -0.2) is 66.4 Å². The predicted octanol–water partition coefficient (Wildman–Crippen LogP) is 3.64. The van der Waals surface area contributed by atoms with E-state index in [0.29, 0.717) is 0 Å². The SMILES string of the molecule is CC(C)CN(CC(=O)O)C(=O)C1(NC(=O)OCC2c3ccccc3-c3ccccc32)CCOCC1. The van der Waals surface area contributed by atoms with Crippen molar-refractivity contribution in [1.82, 2.24) is 10.2 Å². The Kier molecular flexibility index (Phi) is 7.40. The van der Waals surface area contributed by atoms with Crippen LogP contribution in [0.15, 0.2) is 48.5 Å². The van der Waals surface area contributed by atoms with Crippen LogP contribution in [0.1, 0.15) is 43.7 Å². The van der Waals surface area contributed by atoms with Crippen molar-refractivity contribution in [3.8, 4) is 11.1 Å². The third kappa shape index (κ3) is 5.32. The second kappa shape index (κ2) is 10.5. The van der Waals surface area contributed by atoms with Crippen LogP contribution in [-0.2, 0) is 19.1 Å². The fourth-order valence-corrected chi connectivity index (χ4v) is 5.07. The maximum atomic E-state index is 13.6. The van der Waals surface area contributed by atoms with Crippen LogP contribution < -0.4 is 5.32 Å². The molecule has 0 unspecified atom stereocenters. The zero-order chi connectivity index (χ0) is 25.0. The van der Waals surface area contributed by atoms with E-state index in [1.165, 1.54) is 4.90 Å². The van der Waals surface area contributed by atoms with E-state index < -0.39 is 30.1 Å². The minimum absolute atomic E-state index is 0.0737. The molecule has 0 spiro atoms. The summed E-state index contributed by atoms with van der Waals surface area (Å²) in [4.78, 5) is 39.3. The maximum absolute atomic E-state index is 13.6. The molecule has 2 aliphatic rings. The first-order chi connectivity index (χ1) is 16.8. The van der Waals surface area contributed by atoms with Gasteiger partial charge in [0.25, 0.3) is 0 Å². The molecule has 1 fully saturated rings. The number of nitrogens with zero attached hydrogens (tertiary/aromatic N) is 1. The van der Waals surface area contributed by atoms with Crippen molar-refractivity contribution in [2.75, 3.05) is 32.9 Å². The Morgan fingerprint density at radius 3 is 2.17 bits per heavy atom. The number of hydrogen-bond acceptors (Lipinski definition) is 5. The van der Waals surface area contributed by atoms with Crippen LogP contribution in [0.3, 0.4) is 0 Å². The van der Waals surface area contributed by atoms with E-state index in [0.717, 1.165) is 22.3 Å². The average molecular weight is 481 g/mol. The number of carboxylic acid groups (broad SMARTS) is 1. The standard InChI is InChI=1S/C27H32N2O6/c1-18(2)15-29(16-24(30)31)25(32)27(11-13-34-14-12-27)28-26(33)35-17-23-21-9-5-3-7-19(21)20-8-4-6-10-22(20)23/h3-10,18,23H,11-17H2,1-2H3,(H,28,33)(H,30,31). The zero-order valence-corrected chi connectivity index (χ0v) is 20.2. The van der Waals surface area contributed by atoms with Crippen LogP contribution in [0.5, 0.6) is 0 Å². The summed E-state index contributed by atoms with van der Waals surface area (Å²) in [5.41, 5.74) is 3.20.